The largest absolute Gasteiger partial charge is 0.491 e. The van der Waals surface area contributed by atoms with Crippen molar-refractivity contribution in [1.82, 2.24) is 9.88 Å². The van der Waals surface area contributed by atoms with Crippen molar-refractivity contribution in [3.63, 3.8) is 0 Å². The number of fused-ring (bicyclic) bond motifs is 1. The molecule has 0 unspecified atom stereocenters. The fourth-order valence-electron chi connectivity index (χ4n) is 3.41. The van der Waals surface area contributed by atoms with Crippen LogP contribution in [0.4, 0.5) is 0 Å². The van der Waals surface area contributed by atoms with Crippen LogP contribution in [-0.4, -0.2) is 61.4 Å². The number of hydrogen-bond donors (Lipinski definition) is 0. The van der Waals surface area contributed by atoms with E-state index < -0.39 is 0 Å². The van der Waals surface area contributed by atoms with Crippen LogP contribution >= 0.6 is 0 Å². The Hall–Kier alpha value is -1.66. The number of nitrogens with zero attached hydrogens (tertiary/aromatic N) is 2. The molecule has 1 aromatic heterocycles. The molecule has 1 amide bonds. The topological polar surface area (TPSA) is 60.9 Å². The number of aromatic nitrogens is 1. The summed E-state index contributed by atoms with van der Waals surface area (Å²) in [6.45, 7) is 5.28. The molecule has 126 valence electrons. The van der Waals surface area contributed by atoms with Gasteiger partial charge >= 0.3 is 0 Å². The Labute approximate surface area is 136 Å². The Kier molecular flexibility index (Phi) is 5.13. The summed E-state index contributed by atoms with van der Waals surface area (Å²) >= 11 is 0. The van der Waals surface area contributed by atoms with Crippen LogP contribution in [0.25, 0.3) is 0 Å². The quantitative estimate of drug-likeness (QED) is 0.795. The molecule has 1 aromatic rings. The highest BCUT2D eigenvalue weighted by Gasteiger charge is 2.49. The summed E-state index contributed by atoms with van der Waals surface area (Å²) in [5.74, 6) is 0.809. The molecule has 2 atom stereocenters. The standard InChI is InChI=1S/C17H24N2O4/c1-2-21-11-16(20)19-8-5-15-17(12-19,6-9-22-15)13-23-14-4-3-7-18-10-14/h3-4,7,10,15H,2,5-6,8-9,11-13H2,1H3/t15-,17+/m1/s1. The average Bonchev–Trinajstić information content (AvgIpc) is 3.02. The lowest BCUT2D eigenvalue weighted by molar-refractivity contribution is -0.143. The molecule has 3 heterocycles. The van der Waals surface area contributed by atoms with Gasteiger partial charge in [-0.15, -0.1) is 0 Å². The van der Waals surface area contributed by atoms with Gasteiger partial charge in [0.1, 0.15) is 12.4 Å². The normalized spacial score (nSPS) is 26.8. The highest BCUT2D eigenvalue weighted by atomic mass is 16.5. The molecular weight excluding hydrogens is 296 g/mol. The van der Waals surface area contributed by atoms with Crippen LogP contribution in [0.15, 0.2) is 24.5 Å². The van der Waals surface area contributed by atoms with Crippen molar-refractivity contribution < 1.29 is 19.0 Å². The van der Waals surface area contributed by atoms with Crippen LogP contribution < -0.4 is 4.74 Å². The monoisotopic (exact) mass is 320 g/mol. The molecule has 6 nitrogen and oxygen atoms in total. The Bertz CT molecular complexity index is 525. The number of rotatable bonds is 6. The number of amides is 1. The molecule has 0 radical (unpaired) electrons. The van der Waals surface area contributed by atoms with Crippen LogP contribution in [0.2, 0.25) is 0 Å². The second kappa shape index (κ2) is 7.27. The van der Waals surface area contributed by atoms with E-state index in [2.05, 4.69) is 4.98 Å². The van der Waals surface area contributed by atoms with Crippen molar-refractivity contribution in [2.45, 2.75) is 25.9 Å². The summed E-state index contributed by atoms with van der Waals surface area (Å²) < 4.78 is 17.1. The molecule has 2 saturated heterocycles. The molecule has 0 aliphatic carbocycles. The van der Waals surface area contributed by atoms with E-state index in [-0.39, 0.29) is 24.0 Å². The van der Waals surface area contributed by atoms with Gasteiger partial charge in [0.05, 0.1) is 24.3 Å². The van der Waals surface area contributed by atoms with E-state index in [9.17, 15) is 4.79 Å². The lowest BCUT2D eigenvalue weighted by atomic mass is 9.77. The Morgan fingerprint density at radius 1 is 1.57 bits per heavy atom. The fraction of sp³-hybridized carbons (Fsp3) is 0.647. The molecule has 2 fully saturated rings. The minimum atomic E-state index is -0.129. The highest BCUT2D eigenvalue weighted by Crippen LogP contribution is 2.41. The van der Waals surface area contributed by atoms with Gasteiger partial charge in [-0.1, -0.05) is 0 Å². The maximum atomic E-state index is 12.3. The van der Waals surface area contributed by atoms with Crippen LogP contribution in [0, 0.1) is 5.41 Å². The second-order valence-corrected chi connectivity index (χ2v) is 6.19. The van der Waals surface area contributed by atoms with Crippen molar-refractivity contribution in [3.8, 4) is 5.75 Å². The first-order valence-corrected chi connectivity index (χ1v) is 8.23. The molecule has 0 bridgehead atoms. The van der Waals surface area contributed by atoms with Gasteiger partial charge in [0.25, 0.3) is 0 Å². The molecule has 6 heteroatoms. The van der Waals surface area contributed by atoms with Gasteiger partial charge in [-0.2, -0.15) is 0 Å². The van der Waals surface area contributed by atoms with E-state index >= 15 is 0 Å². The van der Waals surface area contributed by atoms with Gasteiger partial charge in [-0.05, 0) is 31.9 Å². The first kappa shape index (κ1) is 16.2. The molecule has 3 rings (SSSR count). The third kappa shape index (κ3) is 3.64. The van der Waals surface area contributed by atoms with Gasteiger partial charge in [-0.3, -0.25) is 9.78 Å². The summed E-state index contributed by atoms with van der Waals surface area (Å²) in [5.41, 5.74) is -0.129. The molecule has 0 saturated carbocycles. The number of carbonyl (C=O) groups excluding carboxylic acids is 1. The zero-order valence-electron chi connectivity index (χ0n) is 13.6. The van der Waals surface area contributed by atoms with Gasteiger partial charge in [-0.25, -0.2) is 0 Å². The lowest BCUT2D eigenvalue weighted by Crippen LogP contribution is -2.54. The van der Waals surface area contributed by atoms with E-state index in [1.807, 2.05) is 24.0 Å². The van der Waals surface area contributed by atoms with Crippen molar-refractivity contribution in [2.75, 3.05) is 39.5 Å². The molecule has 0 aromatic carbocycles. The predicted octanol–water partition coefficient (Wildman–Crippen LogP) is 1.50. The predicted molar refractivity (Wildman–Crippen MR) is 84.2 cm³/mol. The Morgan fingerprint density at radius 3 is 3.26 bits per heavy atom. The number of hydrogen-bond acceptors (Lipinski definition) is 5. The number of pyridine rings is 1. The van der Waals surface area contributed by atoms with Gasteiger partial charge in [0, 0.05) is 32.5 Å². The van der Waals surface area contributed by atoms with Crippen molar-refractivity contribution in [2.24, 2.45) is 5.41 Å². The van der Waals surface area contributed by atoms with E-state index in [4.69, 9.17) is 14.2 Å². The maximum Gasteiger partial charge on any atom is 0.248 e. The highest BCUT2D eigenvalue weighted by molar-refractivity contribution is 5.77. The van der Waals surface area contributed by atoms with Crippen LogP contribution in [0.3, 0.4) is 0 Å². The molecule has 0 spiro atoms. The number of piperidine rings is 1. The smallest absolute Gasteiger partial charge is 0.248 e. The fourth-order valence-corrected chi connectivity index (χ4v) is 3.41. The van der Waals surface area contributed by atoms with E-state index in [1.54, 1.807) is 12.4 Å². The zero-order chi connectivity index (χ0) is 16.1. The van der Waals surface area contributed by atoms with Crippen molar-refractivity contribution >= 4 is 5.91 Å². The minimum absolute atomic E-state index is 0.0537. The van der Waals surface area contributed by atoms with E-state index in [0.29, 0.717) is 19.8 Å². The van der Waals surface area contributed by atoms with Gasteiger partial charge < -0.3 is 19.1 Å². The maximum absolute atomic E-state index is 12.3. The first-order valence-electron chi connectivity index (χ1n) is 8.23. The second-order valence-electron chi connectivity index (χ2n) is 6.19. The minimum Gasteiger partial charge on any atom is -0.491 e. The van der Waals surface area contributed by atoms with Crippen molar-refractivity contribution in [1.29, 1.82) is 0 Å². The number of ether oxygens (including phenoxy) is 3. The SMILES string of the molecule is CCOCC(=O)N1CC[C@H]2OCC[C@@]2(COc2cccnc2)C1. The third-order valence-corrected chi connectivity index (χ3v) is 4.71. The summed E-state index contributed by atoms with van der Waals surface area (Å²) in [6.07, 6.45) is 5.36. The summed E-state index contributed by atoms with van der Waals surface area (Å²) in [7, 11) is 0. The number of carbonyl (C=O) groups is 1. The Morgan fingerprint density at radius 2 is 2.48 bits per heavy atom. The molecule has 23 heavy (non-hydrogen) atoms. The summed E-state index contributed by atoms with van der Waals surface area (Å²) in [6, 6.07) is 3.75. The third-order valence-electron chi connectivity index (χ3n) is 4.71. The summed E-state index contributed by atoms with van der Waals surface area (Å²) in [4.78, 5) is 18.2. The van der Waals surface area contributed by atoms with Crippen molar-refractivity contribution in [3.05, 3.63) is 24.5 Å². The lowest BCUT2D eigenvalue weighted by Gasteiger charge is -2.43. The Balaban J connectivity index is 1.65. The van der Waals surface area contributed by atoms with Crippen LogP contribution in [0.1, 0.15) is 19.8 Å². The first-order chi connectivity index (χ1) is 11.2. The molecule has 2 aliphatic heterocycles. The molecule has 0 N–H and O–H groups in total. The molecule has 2 aliphatic rings. The van der Waals surface area contributed by atoms with Crippen LogP contribution in [0.5, 0.6) is 5.75 Å². The summed E-state index contributed by atoms with van der Waals surface area (Å²) in [5, 5.41) is 0. The van der Waals surface area contributed by atoms with Gasteiger partial charge in [0.15, 0.2) is 0 Å². The van der Waals surface area contributed by atoms with Crippen LogP contribution in [-0.2, 0) is 14.3 Å². The zero-order valence-corrected chi connectivity index (χ0v) is 13.6. The van der Waals surface area contributed by atoms with E-state index in [1.165, 1.54) is 0 Å². The molecular formula is C17H24N2O4. The number of likely N-dealkylation sites (tertiary alicyclic amines) is 1. The van der Waals surface area contributed by atoms with E-state index in [0.717, 1.165) is 31.7 Å². The average molecular weight is 320 g/mol. The van der Waals surface area contributed by atoms with Gasteiger partial charge in [0.2, 0.25) is 5.91 Å².